The van der Waals surface area contributed by atoms with E-state index in [0.717, 1.165) is 11.1 Å². The quantitative estimate of drug-likeness (QED) is 0.308. The Bertz CT molecular complexity index is 1400. The standard InChI is InChI=1S/C26H26N6O4/c1-4-21-30-23(36-32-21)18-13-27-25(31-22(18)29-20(14-33)15-8-6-5-7-9-15)28-16-10-11-17-19(12-16)26(2,3)35-24(17)34/h5-13,20,33H,4,14H2,1-3H3,(H2,27,28,29,31). The van der Waals surface area contributed by atoms with Gasteiger partial charge in [-0.15, -0.1) is 0 Å². The summed E-state index contributed by atoms with van der Waals surface area (Å²) in [6.07, 6.45) is 2.21. The zero-order chi connectivity index (χ0) is 25.3. The van der Waals surface area contributed by atoms with Gasteiger partial charge >= 0.3 is 5.97 Å². The number of nitrogens with zero attached hydrogens (tertiary/aromatic N) is 4. The molecule has 10 heteroatoms. The first-order valence-electron chi connectivity index (χ1n) is 11.6. The van der Waals surface area contributed by atoms with Crippen molar-refractivity contribution in [2.75, 3.05) is 17.2 Å². The number of carbonyl (C=O) groups is 1. The van der Waals surface area contributed by atoms with Crippen molar-refractivity contribution >= 4 is 23.4 Å². The number of nitrogens with one attached hydrogen (secondary N) is 2. The summed E-state index contributed by atoms with van der Waals surface area (Å²) in [5.41, 5.74) is 2.71. The highest BCUT2D eigenvalue weighted by Gasteiger charge is 2.37. The molecule has 10 nitrogen and oxygen atoms in total. The van der Waals surface area contributed by atoms with Crippen molar-refractivity contribution < 1.29 is 19.2 Å². The molecule has 0 spiro atoms. The van der Waals surface area contributed by atoms with Gasteiger partial charge < -0.3 is 25.0 Å². The number of aromatic nitrogens is 4. The third-order valence-electron chi connectivity index (χ3n) is 5.99. The molecule has 36 heavy (non-hydrogen) atoms. The molecule has 1 atom stereocenters. The number of carbonyl (C=O) groups excluding carboxylic acids is 1. The molecule has 0 bridgehead atoms. The highest BCUT2D eigenvalue weighted by atomic mass is 16.6. The fraction of sp³-hybridized carbons (Fsp3) is 0.269. The van der Waals surface area contributed by atoms with E-state index >= 15 is 0 Å². The Kier molecular flexibility index (Phi) is 6.11. The highest BCUT2D eigenvalue weighted by Crippen LogP contribution is 2.38. The predicted octanol–water partition coefficient (Wildman–Crippen LogP) is 4.38. The molecule has 1 aliphatic heterocycles. The largest absolute Gasteiger partial charge is 0.451 e. The monoisotopic (exact) mass is 486 g/mol. The second-order valence-corrected chi connectivity index (χ2v) is 8.90. The van der Waals surface area contributed by atoms with Crippen LogP contribution < -0.4 is 10.6 Å². The van der Waals surface area contributed by atoms with Gasteiger partial charge in [-0.3, -0.25) is 0 Å². The zero-order valence-corrected chi connectivity index (χ0v) is 20.1. The van der Waals surface area contributed by atoms with Crippen LogP contribution in [0.5, 0.6) is 0 Å². The van der Waals surface area contributed by atoms with Crippen molar-refractivity contribution in [3.63, 3.8) is 0 Å². The van der Waals surface area contributed by atoms with E-state index in [1.807, 2.05) is 57.2 Å². The van der Waals surface area contributed by atoms with Gasteiger partial charge in [0.05, 0.1) is 18.2 Å². The molecule has 3 N–H and O–H groups in total. The molecule has 0 fully saturated rings. The van der Waals surface area contributed by atoms with Crippen molar-refractivity contribution in [1.29, 1.82) is 0 Å². The lowest BCUT2D eigenvalue weighted by Gasteiger charge is -2.20. The van der Waals surface area contributed by atoms with Crippen molar-refractivity contribution in [1.82, 2.24) is 20.1 Å². The van der Waals surface area contributed by atoms with Crippen molar-refractivity contribution in [2.24, 2.45) is 0 Å². The van der Waals surface area contributed by atoms with Gasteiger partial charge in [0.1, 0.15) is 17.0 Å². The summed E-state index contributed by atoms with van der Waals surface area (Å²) in [7, 11) is 0. The van der Waals surface area contributed by atoms with E-state index in [1.165, 1.54) is 0 Å². The van der Waals surface area contributed by atoms with Gasteiger partial charge in [0.25, 0.3) is 5.89 Å². The summed E-state index contributed by atoms with van der Waals surface area (Å²) < 4.78 is 10.9. The first kappa shape index (κ1) is 23.4. The minimum atomic E-state index is -0.722. The number of aryl methyl sites for hydroxylation is 1. The van der Waals surface area contributed by atoms with Gasteiger partial charge in [-0.2, -0.15) is 9.97 Å². The number of aliphatic hydroxyl groups excluding tert-OH is 1. The van der Waals surface area contributed by atoms with Crippen LogP contribution in [0.25, 0.3) is 11.5 Å². The Hall–Kier alpha value is -4.31. The molecule has 0 saturated heterocycles. The van der Waals surface area contributed by atoms with Crippen molar-refractivity contribution in [3.8, 4) is 11.5 Å². The molecule has 3 heterocycles. The van der Waals surface area contributed by atoms with Crippen LogP contribution in [0.1, 0.15) is 54.1 Å². The zero-order valence-electron chi connectivity index (χ0n) is 20.1. The van der Waals surface area contributed by atoms with Gasteiger partial charge in [-0.05, 0) is 37.6 Å². The first-order valence-corrected chi connectivity index (χ1v) is 11.6. The van der Waals surface area contributed by atoms with Gasteiger partial charge in [0.2, 0.25) is 5.95 Å². The van der Waals surface area contributed by atoms with Crippen LogP contribution in [0.2, 0.25) is 0 Å². The van der Waals surface area contributed by atoms with E-state index in [2.05, 4.69) is 30.7 Å². The summed E-state index contributed by atoms with van der Waals surface area (Å²) in [5, 5.41) is 20.6. The molecule has 5 rings (SSSR count). The lowest BCUT2D eigenvalue weighted by Crippen LogP contribution is -2.17. The van der Waals surface area contributed by atoms with E-state index in [0.29, 0.717) is 40.8 Å². The summed E-state index contributed by atoms with van der Waals surface area (Å²) in [4.78, 5) is 25.7. The van der Waals surface area contributed by atoms with E-state index in [4.69, 9.17) is 9.26 Å². The van der Waals surface area contributed by atoms with Gasteiger partial charge in [-0.1, -0.05) is 42.4 Å². The average Bonchev–Trinajstić information content (AvgIpc) is 3.45. The van der Waals surface area contributed by atoms with Gasteiger partial charge in [-0.25, -0.2) is 9.78 Å². The molecule has 0 amide bonds. The number of hydrogen-bond donors (Lipinski definition) is 3. The molecule has 2 aromatic heterocycles. The molecule has 4 aromatic rings. The number of benzene rings is 2. The fourth-order valence-electron chi connectivity index (χ4n) is 4.07. The number of cyclic esters (lactones) is 1. The van der Waals surface area contributed by atoms with Crippen LogP contribution in [-0.4, -0.2) is 37.8 Å². The lowest BCUT2D eigenvalue weighted by molar-refractivity contribution is 0.00954. The fourth-order valence-corrected chi connectivity index (χ4v) is 4.07. The second-order valence-electron chi connectivity index (χ2n) is 8.90. The van der Waals surface area contributed by atoms with E-state index < -0.39 is 11.6 Å². The maximum atomic E-state index is 12.1. The Labute approximate surface area is 207 Å². The number of hydrogen-bond acceptors (Lipinski definition) is 10. The Morgan fingerprint density at radius 2 is 1.89 bits per heavy atom. The maximum Gasteiger partial charge on any atom is 0.339 e. The van der Waals surface area contributed by atoms with Crippen LogP contribution in [-0.2, 0) is 16.8 Å². The average molecular weight is 487 g/mol. The number of rotatable bonds is 8. The SMILES string of the molecule is CCc1noc(-c2cnc(Nc3ccc4c(c3)C(C)(C)OC4=O)nc2NC(CO)c2ccccc2)n1. The lowest BCUT2D eigenvalue weighted by atomic mass is 9.95. The summed E-state index contributed by atoms with van der Waals surface area (Å²) in [6.45, 7) is 5.47. The summed E-state index contributed by atoms with van der Waals surface area (Å²) >= 11 is 0. The number of esters is 1. The van der Waals surface area contributed by atoms with Crippen molar-refractivity contribution in [2.45, 2.75) is 38.8 Å². The van der Waals surface area contributed by atoms with Crippen LogP contribution in [0.15, 0.2) is 59.3 Å². The topological polar surface area (TPSA) is 135 Å². The second kappa shape index (κ2) is 9.38. The summed E-state index contributed by atoms with van der Waals surface area (Å²) in [5.74, 6) is 1.24. The van der Waals surface area contributed by atoms with E-state index in [9.17, 15) is 9.90 Å². The first-order chi connectivity index (χ1) is 17.4. The van der Waals surface area contributed by atoms with Crippen LogP contribution in [0.3, 0.4) is 0 Å². The Morgan fingerprint density at radius 1 is 1.08 bits per heavy atom. The van der Waals surface area contributed by atoms with E-state index in [1.54, 1.807) is 18.3 Å². The molecule has 0 aliphatic carbocycles. The Morgan fingerprint density at radius 3 is 2.61 bits per heavy atom. The number of anilines is 3. The smallest absolute Gasteiger partial charge is 0.339 e. The van der Waals surface area contributed by atoms with Crippen LogP contribution in [0, 0.1) is 0 Å². The highest BCUT2D eigenvalue weighted by molar-refractivity contribution is 5.95. The third kappa shape index (κ3) is 4.50. The number of ether oxygens (including phenoxy) is 1. The molecular formula is C26H26N6O4. The molecule has 184 valence electrons. The molecule has 1 unspecified atom stereocenters. The van der Waals surface area contributed by atoms with Gasteiger partial charge in [0, 0.05) is 23.9 Å². The minimum Gasteiger partial charge on any atom is -0.451 e. The summed E-state index contributed by atoms with van der Waals surface area (Å²) in [6, 6.07) is 14.5. The minimum absolute atomic E-state index is 0.159. The maximum absolute atomic E-state index is 12.1. The molecule has 0 radical (unpaired) electrons. The molecule has 2 aromatic carbocycles. The molecule has 0 saturated carbocycles. The molecule has 1 aliphatic rings. The van der Waals surface area contributed by atoms with Crippen LogP contribution in [0.4, 0.5) is 17.5 Å². The third-order valence-corrected chi connectivity index (χ3v) is 5.99. The number of fused-ring (bicyclic) bond motifs is 1. The number of aliphatic hydroxyl groups is 1. The normalized spacial score (nSPS) is 14.7. The van der Waals surface area contributed by atoms with E-state index in [-0.39, 0.29) is 18.5 Å². The predicted molar refractivity (Wildman–Crippen MR) is 133 cm³/mol. The van der Waals surface area contributed by atoms with Gasteiger partial charge in [0.15, 0.2) is 5.82 Å². The Balaban J connectivity index is 1.50. The van der Waals surface area contributed by atoms with Crippen LogP contribution >= 0.6 is 0 Å². The molecular weight excluding hydrogens is 460 g/mol. The van der Waals surface area contributed by atoms with Crippen molar-refractivity contribution in [3.05, 3.63) is 77.2 Å².